The molecule has 6 heteroatoms. The van der Waals surface area contributed by atoms with Crippen LogP contribution in [0.25, 0.3) is 0 Å². The van der Waals surface area contributed by atoms with Crippen molar-refractivity contribution in [3.63, 3.8) is 0 Å². The number of likely N-dealkylation sites (N-methyl/N-ethyl adjacent to an activating group) is 3. The van der Waals surface area contributed by atoms with Gasteiger partial charge in [0.25, 0.3) is 0 Å². The van der Waals surface area contributed by atoms with Crippen LogP contribution in [0.4, 0.5) is 17.1 Å². The van der Waals surface area contributed by atoms with Crippen molar-refractivity contribution in [3.05, 3.63) is 11.1 Å². The van der Waals surface area contributed by atoms with Gasteiger partial charge in [-0.25, -0.2) is 0 Å². The first-order valence-corrected chi connectivity index (χ1v) is 8.93. The Hall–Kier alpha value is -2.60. The lowest BCUT2D eigenvalue weighted by Gasteiger charge is -2.51. The molecule has 4 rings (SSSR count). The molecule has 0 bridgehead atoms. The summed E-state index contributed by atoms with van der Waals surface area (Å²) in [5.74, 6) is 0.570. The van der Waals surface area contributed by atoms with Crippen LogP contribution in [-0.4, -0.2) is 46.4 Å². The average Bonchev–Trinajstić information content (AvgIpc) is 2.64. The van der Waals surface area contributed by atoms with Crippen molar-refractivity contribution in [2.45, 2.75) is 37.8 Å². The predicted molar refractivity (Wildman–Crippen MR) is 97.5 cm³/mol. The number of ether oxygens (including phenoxy) is 1. The molecule has 2 heterocycles. The summed E-state index contributed by atoms with van der Waals surface area (Å²) < 4.78 is 5.88. The van der Waals surface area contributed by atoms with Crippen LogP contribution in [0, 0.1) is 22.7 Å². The van der Waals surface area contributed by atoms with Gasteiger partial charge >= 0.3 is 0 Å². The van der Waals surface area contributed by atoms with Crippen molar-refractivity contribution in [2.75, 3.05) is 49.0 Å². The number of hydrogen-bond acceptors (Lipinski definition) is 6. The minimum absolute atomic E-state index is 0.379. The number of nitriles is 2. The van der Waals surface area contributed by atoms with Gasteiger partial charge < -0.3 is 19.4 Å². The fourth-order valence-electron chi connectivity index (χ4n) is 4.81. The molecule has 0 aromatic heterocycles. The number of rotatable bonds is 0. The maximum atomic E-state index is 9.97. The molecular formula is C19H23N5O. The van der Waals surface area contributed by atoms with Gasteiger partial charge in [0.15, 0.2) is 5.75 Å². The van der Waals surface area contributed by atoms with Crippen LogP contribution in [0.1, 0.15) is 36.8 Å². The second-order valence-electron chi connectivity index (χ2n) is 7.26. The number of nitrogens with zero attached hydrogens (tertiary/aromatic N) is 5. The molecule has 1 saturated carbocycles. The number of anilines is 3. The number of fused-ring (bicyclic) bond motifs is 3. The van der Waals surface area contributed by atoms with E-state index < -0.39 is 0 Å². The van der Waals surface area contributed by atoms with E-state index in [-0.39, 0.29) is 0 Å². The molecular weight excluding hydrogens is 314 g/mol. The molecule has 6 nitrogen and oxygen atoms in total. The number of hydrogen-bond donors (Lipinski definition) is 0. The fraction of sp³-hybridized carbons (Fsp3) is 0.579. The predicted octanol–water partition coefficient (Wildman–Crippen LogP) is 2.46. The maximum absolute atomic E-state index is 9.97. The molecule has 0 radical (unpaired) electrons. The minimum Gasteiger partial charge on any atom is -0.488 e. The molecule has 3 aliphatic rings. The van der Waals surface area contributed by atoms with Crippen LogP contribution < -0.4 is 19.4 Å². The molecule has 1 aromatic carbocycles. The summed E-state index contributed by atoms with van der Waals surface area (Å²) in [4.78, 5) is 6.53. The average molecular weight is 337 g/mol. The molecule has 2 aliphatic heterocycles. The molecule has 2 atom stereocenters. The molecule has 1 fully saturated rings. The van der Waals surface area contributed by atoms with Crippen molar-refractivity contribution in [1.29, 1.82) is 10.5 Å². The van der Waals surface area contributed by atoms with Gasteiger partial charge in [-0.1, -0.05) is 12.8 Å². The second kappa shape index (κ2) is 5.74. The Bertz CT molecular complexity index is 806. The van der Waals surface area contributed by atoms with Crippen LogP contribution in [0.2, 0.25) is 0 Å². The highest BCUT2D eigenvalue weighted by molar-refractivity contribution is 5.94. The van der Waals surface area contributed by atoms with Gasteiger partial charge in [-0.3, -0.25) is 0 Å². The first-order chi connectivity index (χ1) is 12.1. The third-order valence-corrected chi connectivity index (χ3v) is 6.05. The van der Waals surface area contributed by atoms with Crippen LogP contribution in [0.3, 0.4) is 0 Å². The van der Waals surface area contributed by atoms with E-state index in [1.165, 1.54) is 12.8 Å². The molecule has 0 amide bonds. The van der Waals surface area contributed by atoms with Crippen molar-refractivity contribution in [3.8, 4) is 17.9 Å². The fourth-order valence-corrected chi connectivity index (χ4v) is 4.81. The van der Waals surface area contributed by atoms with E-state index in [0.717, 1.165) is 36.4 Å². The van der Waals surface area contributed by atoms with E-state index in [1.807, 2.05) is 11.9 Å². The lowest BCUT2D eigenvalue weighted by Crippen LogP contribution is -2.56. The molecule has 0 spiro atoms. The summed E-state index contributed by atoms with van der Waals surface area (Å²) in [5, 5.41) is 19.9. The Morgan fingerprint density at radius 1 is 0.880 bits per heavy atom. The highest BCUT2D eigenvalue weighted by Gasteiger charge is 2.43. The zero-order valence-electron chi connectivity index (χ0n) is 15.0. The Morgan fingerprint density at radius 3 is 2.00 bits per heavy atom. The van der Waals surface area contributed by atoms with Gasteiger partial charge in [-0.2, -0.15) is 10.5 Å². The van der Waals surface area contributed by atoms with Gasteiger partial charge in [-0.05, 0) is 12.8 Å². The lowest BCUT2D eigenvalue weighted by molar-refractivity contribution is 0.309. The quantitative estimate of drug-likeness (QED) is 0.724. The van der Waals surface area contributed by atoms with Crippen molar-refractivity contribution < 1.29 is 4.74 Å². The summed E-state index contributed by atoms with van der Waals surface area (Å²) in [6.45, 7) is 1.25. The Morgan fingerprint density at radius 2 is 1.44 bits per heavy atom. The van der Waals surface area contributed by atoms with Crippen LogP contribution in [0.5, 0.6) is 5.75 Å². The highest BCUT2D eigenvalue weighted by Crippen LogP contribution is 2.53. The zero-order chi connectivity index (χ0) is 17.7. The first-order valence-electron chi connectivity index (χ1n) is 8.93. The zero-order valence-corrected chi connectivity index (χ0v) is 15.0. The van der Waals surface area contributed by atoms with E-state index >= 15 is 0 Å². The van der Waals surface area contributed by atoms with Gasteiger partial charge in [0.05, 0.1) is 17.9 Å². The molecule has 1 aliphatic carbocycles. The summed E-state index contributed by atoms with van der Waals surface area (Å²) in [6.07, 6.45) is 4.68. The highest BCUT2D eigenvalue weighted by atomic mass is 16.5. The molecule has 0 saturated heterocycles. The monoisotopic (exact) mass is 337 g/mol. The Balaban J connectivity index is 2.05. The van der Waals surface area contributed by atoms with E-state index in [2.05, 4.69) is 36.0 Å². The van der Waals surface area contributed by atoms with E-state index in [9.17, 15) is 10.5 Å². The maximum Gasteiger partial charge on any atom is 0.164 e. The van der Waals surface area contributed by atoms with Crippen molar-refractivity contribution in [1.82, 2.24) is 0 Å². The topological polar surface area (TPSA) is 66.5 Å². The smallest absolute Gasteiger partial charge is 0.164 e. The Labute approximate surface area is 148 Å². The van der Waals surface area contributed by atoms with E-state index in [0.29, 0.717) is 35.6 Å². The normalized spacial score (nSPS) is 24.4. The summed E-state index contributed by atoms with van der Waals surface area (Å²) in [7, 11) is 6.11. The van der Waals surface area contributed by atoms with Gasteiger partial charge in [0.2, 0.25) is 0 Å². The first kappa shape index (κ1) is 15.9. The standard InChI is InChI=1S/C19H23N5O/c1-22-8-9-25-19-13(11-21)17-16(12(10-20)18(19)22)23(2)14-6-4-5-7-15(14)24(17)3/h14-15H,4-9H2,1-3H3. The van der Waals surface area contributed by atoms with Gasteiger partial charge in [0.1, 0.15) is 35.6 Å². The minimum atomic E-state index is 0.379. The van der Waals surface area contributed by atoms with Crippen molar-refractivity contribution in [2.24, 2.45) is 0 Å². The SMILES string of the molecule is CN1CCOc2c(C#N)c3c(c(C#N)c21)N(C)C1CCCCC1N3C. The summed E-state index contributed by atoms with van der Waals surface area (Å²) in [6, 6.07) is 5.55. The molecule has 2 unspecified atom stereocenters. The largest absolute Gasteiger partial charge is 0.488 e. The molecule has 25 heavy (non-hydrogen) atoms. The van der Waals surface area contributed by atoms with Crippen LogP contribution in [0.15, 0.2) is 0 Å². The summed E-state index contributed by atoms with van der Waals surface area (Å²) in [5.41, 5.74) is 3.71. The molecule has 1 aromatic rings. The third kappa shape index (κ3) is 2.07. The third-order valence-electron chi connectivity index (χ3n) is 6.05. The Kier molecular flexibility index (Phi) is 3.65. The lowest BCUT2D eigenvalue weighted by atomic mass is 9.84. The molecule has 0 N–H and O–H groups in total. The van der Waals surface area contributed by atoms with Gasteiger partial charge in [-0.15, -0.1) is 0 Å². The van der Waals surface area contributed by atoms with Gasteiger partial charge in [0, 0.05) is 33.2 Å². The van der Waals surface area contributed by atoms with Crippen molar-refractivity contribution >= 4 is 17.1 Å². The summed E-state index contributed by atoms with van der Waals surface area (Å²) >= 11 is 0. The molecule has 130 valence electrons. The number of benzene rings is 1. The second-order valence-corrected chi connectivity index (χ2v) is 7.26. The van der Waals surface area contributed by atoms with Crippen LogP contribution >= 0.6 is 0 Å². The van der Waals surface area contributed by atoms with E-state index in [1.54, 1.807) is 0 Å². The van der Waals surface area contributed by atoms with Crippen LogP contribution in [-0.2, 0) is 0 Å². The van der Waals surface area contributed by atoms with E-state index in [4.69, 9.17) is 4.74 Å².